The van der Waals surface area contributed by atoms with Gasteiger partial charge in [-0.05, 0) is 26.0 Å². The Bertz CT molecular complexity index is 743. The van der Waals surface area contributed by atoms with Crippen LogP contribution in [0.5, 0.6) is 11.5 Å². The summed E-state index contributed by atoms with van der Waals surface area (Å²) < 4.78 is 16.2. The second kappa shape index (κ2) is 10.4. The molecule has 2 rings (SSSR count). The molecule has 8 heteroatoms. The Kier molecular flexibility index (Phi) is 7.91. The molecule has 0 radical (unpaired) electrons. The number of anilines is 1. The van der Waals surface area contributed by atoms with Crippen molar-refractivity contribution in [2.45, 2.75) is 40.0 Å². The number of guanidine groups is 1. The molecule has 2 aromatic rings. The second-order valence-corrected chi connectivity index (χ2v) is 6.14. The Hall–Kier alpha value is -2.77. The first kappa shape index (κ1) is 20.5. The van der Waals surface area contributed by atoms with Gasteiger partial charge in [0.25, 0.3) is 0 Å². The molecular weight excluding hydrogens is 346 g/mol. The van der Waals surface area contributed by atoms with Crippen molar-refractivity contribution in [2.75, 3.05) is 32.1 Å². The number of methoxy groups -OCH3 is 1. The van der Waals surface area contributed by atoms with Crippen molar-refractivity contribution in [1.82, 2.24) is 15.5 Å². The minimum absolute atomic E-state index is 0.250. The third-order valence-electron chi connectivity index (χ3n) is 3.67. The molecule has 0 bridgehead atoms. The van der Waals surface area contributed by atoms with Gasteiger partial charge in [0.05, 0.1) is 20.3 Å². The van der Waals surface area contributed by atoms with Gasteiger partial charge in [0.15, 0.2) is 23.3 Å². The van der Waals surface area contributed by atoms with Gasteiger partial charge in [-0.15, -0.1) is 0 Å². The fraction of sp³-hybridized carbons (Fsp3) is 0.526. The van der Waals surface area contributed by atoms with Crippen LogP contribution >= 0.6 is 0 Å². The van der Waals surface area contributed by atoms with Crippen molar-refractivity contribution in [2.24, 2.45) is 4.99 Å². The molecular formula is C19H29N5O3. The average Bonchev–Trinajstić information content (AvgIpc) is 3.12. The smallest absolute Gasteiger partial charge is 0.228 e. The molecule has 0 unspecified atom stereocenters. The van der Waals surface area contributed by atoms with E-state index in [-0.39, 0.29) is 5.92 Å². The van der Waals surface area contributed by atoms with Crippen LogP contribution in [0.1, 0.15) is 45.3 Å². The number of rotatable bonds is 9. The summed E-state index contributed by atoms with van der Waals surface area (Å²) in [6.45, 7) is 9.87. The van der Waals surface area contributed by atoms with Crippen LogP contribution in [0.3, 0.4) is 0 Å². The highest BCUT2D eigenvalue weighted by Crippen LogP contribution is 2.30. The number of benzene rings is 1. The maximum absolute atomic E-state index is 5.62. The van der Waals surface area contributed by atoms with Gasteiger partial charge in [0, 0.05) is 30.6 Å². The minimum atomic E-state index is 0.250. The van der Waals surface area contributed by atoms with Crippen LogP contribution in [-0.4, -0.2) is 42.9 Å². The molecule has 0 amide bonds. The maximum atomic E-state index is 5.62. The summed E-state index contributed by atoms with van der Waals surface area (Å²) in [5.74, 6) is 3.63. The van der Waals surface area contributed by atoms with Crippen LogP contribution in [0.15, 0.2) is 27.7 Å². The predicted molar refractivity (Wildman–Crippen MR) is 106 cm³/mol. The van der Waals surface area contributed by atoms with Gasteiger partial charge < -0.3 is 24.6 Å². The molecule has 148 valence electrons. The summed E-state index contributed by atoms with van der Waals surface area (Å²) in [6, 6.07) is 5.67. The molecule has 0 fully saturated rings. The third kappa shape index (κ3) is 6.16. The highest BCUT2D eigenvalue weighted by Gasteiger charge is 2.10. The lowest BCUT2D eigenvalue weighted by molar-refractivity contribution is 0.311. The Balaban J connectivity index is 2.03. The van der Waals surface area contributed by atoms with Crippen molar-refractivity contribution in [3.05, 3.63) is 29.9 Å². The van der Waals surface area contributed by atoms with E-state index < -0.39 is 0 Å². The lowest BCUT2D eigenvalue weighted by atomic mass is 10.2. The van der Waals surface area contributed by atoms with Gasteiger partial charge in [0.1, 0.15) is 0 Å². The molecule has 0 spiro atoms. The highest BCUT2D eigenvalue weighted by molar-refractivity contribution is 5.93. The van der Waals surface area contributed by atoms with E-state index in [1.54, 1.807) is 7.11 Å². The highest BCUT2D eigenvalue weighted by atomic mass is 16.5. The zero-order valence-corrected chi connectivity index (χ0v) is 16.7. The second-order valence-electron chi connectivity index (χ2n) is 6.14. The molecule has 2 N–H and O–H groups in total. The van der Waals surface area contributed by atoms with Crippen LogP contribution in [-0.2, 0) is 6.42 Å². The van der Waals surface area contributed by atoms with Crippen molar-refractivity contribution in [1.29, 1.82) is 0 Å². The number of nitrogens with zero attached hydrogens (tertiary/aromatic N) is 3. The monoisotopic (exact) mass is 375 g/mol. The molecule has 0 aliphatic heterocycles. The van der Waals surface area contributed by atoms with Gasteiger partial charge in [-0.3, -0.25) is 4.99 Å². The first-order chi connectivity index (χ1) is 13.1. The van der Waals surface area contributed by atoms with Crippen molar-refractivity contribution in [3.8, 4) is 11.5 Å². The number of aromatic nitrogens is 2. The summed E-state index contributed by atoms with van der Waals surface area (Å²) in [5, 5.41) is 10.5. The van der Waals surface area contributed by atoms with Crippen LogP contribution in [0.4, 0.5) is 5.69 Å². The molecule has 1 aromatic carbocycles. The first-order valence-corrected chi connectivity index (χ1v) is 9.26. The van der Waals surface area contributed by atoms with E-state index in [1.807, 2.05) is 45.9 Å². The van der Waals surface area contributed by atoms with E-state index in [2.05, 4.69) is 25.8 Å². The molecule has 0 saturated carbocycles. The molecule has 0 saturated heterocycles. The van der Waals surface area contributed by atoms with E-state index in [0.29, 0.717) is 42.9 Å². The van der Waals surface area contributed by atoms with Gasteiger partial charge in [-0.1, -0.05) is 19.0 Å². The summed E-state index contributed by atoms with van der Waals surface area (Å²) in [5.41, 5.74) is 0.860. The van der Waals surface area contributed by atoms with Crippen molar-refractivity contribution < 1.29 is 14.0 Å². The molecule has 27 heavy (non-hydrogen) atoms. The zero-order chi connectivity index (χ0) is 19.6. The summed E-state index contributed by atoms with van der Waals surface area (Å²) in [6.07, 6.45) is 0.586. The van der Waals surface area contributed by atoms with E-state index in [9.17, 15) is 0 Å². The molecule has 1 aromatic heterocycles. The topological polar surface area (TPSA) is 93.8 Å². The number of ether oxygens (including phenoxy) is 2. The van der Waals surface area contributed by atoms with E-state index in [0.717, 1.165) is 18.1 Å². The van der Waals surface area contributed by atoms with Crippen molar-refractivity contribution >= 4 is 11.6 Å². The van der Waals surface area contributed by atoms with E-state index >= 15 is 0 Å². The quantitative estimate of drug-likeness (QED) is 0.513. The lowest BCUT2D eigenvalue weighted by Crippen LogP contribution is -2.30. The number of hydrogen-bond donors (Lipinski definition) is 2. The third-order valence-corrected chi connectivity index (χ3v) is 3.67. The van der Waals surface area contributed by atoms with Crippen LogP contribution < -0.4 is 20.1 Å². The lowest BCUT2D eigenvalue weighted by Gasteiger charge is -2.14. The average molecular weight is 375 g/mol. The normalized spacial score (nSPS) is 11.6. The molecule has 0 atom stereocenters. The molecule has 8 nitrogen and oxygen atoms in total. The minimum Gasteiger partial charge on any atom is -0.493 e. The predicted octanol–water partition coefficient (Wildman–Crippen LogP) is 3.22. The van der Waals surface area contributed by atoms with Crippen LogP contribution in [0.2, 0.25) is 0 Å². The SMILES string of the molecule is CCNC(=NCCc1nc(C(C)C)no1)Nc1ccc(OC)c(OCC)c1. The number of aliphatic imine (C=N–C) groups is 1. The first-order valence-electron chi connectivity index (χ1n) is 9.26. The standard InChI is InChI=1S/C19H29N5O3/c1-6-20-19(21-11-10-17-23-18(13(3)4)24-27-17)22-14-8-9-15(25-5)16(12-14)26-7-2/h8-9,12-13H,6-7,10-11H2,1-5H3,(H2,20,21,22). The van der Waals surface area contributed by atoms with Gasteiger partial charge in [0.2, 0.25) is 5.89 Å². The van der Waals surface area contributed by atoms with Crippen LogP contribution in [0.25, 0.3) is 0 Å². The fourth-order valence-electron chi connectivity index (χ4n) is 2.33. The van der Waals surface area contributed by atoms with Gasteiger partial charge in [-0.25, -0.2) is 0 Å². The molecule has 0 aliphatic carbocycles. The van der Waals surface area contributed by atoms with Gasteiger partial charge >= 0.3 is 0 Å². The fourth-order valence-corrected chi connectivity index (χ4v) is 2.33. The Morgan fingerprint density at radius 2 is 2.07 bits per heavy atom. The summed E-state index contributed by atoms with van der Waals surface area (Å²) in [4.78, 5) is 8.94. The summed E-state index contributed by atoms with van der Waals surface area (Å²) in [7, 11) is 1.62. The maximum Gasteiger partial charge on any atom is 0.228 e. The largest absolute Gasteiger partial charge is 0.493 e. The van der Waals surface area contributed by atoms with Crippen molar-refractivity contribution in [3.63, 3.8) is 0 Å². The molecule has 1 heterocycles. The Morgan fingerprint density at radius 1 is 1.26 bits per heavy atom. The summed E-state index contributed by atoms with van der Waals surface area (Å²) >= 11 is 0. The Morgan fingerprint density at radius 3 is 2.70 bits per heavy atom. The Labute approximate surface area is 160 Å². The zero-order valence-electron chi connectivity index (χ0n) is 16.7. The van der Waals surface area contributed by atoms with Gasteiger partial charge in [-0.2, -0.15) is 4.98 Å². The number of nitrogens with one attached hydrogen (secondary N) is 2. The van der Waals surface area contributed by atoms with E-state index in [1.165, 1.54) is 0 Å². The molecule has 0 aliphatic rings. The number of hydrogen-bond acceptors (Lipinski definition) is 6. The van der Waals surface area contributed by atoms with E-state index in [4.69, 9.17) is 14.0 Å². The van der Waals surface area contributed by atoms with Crippen LogP contribution in [0, 0.1) is 0 Å².